The Hall–Kier alpha value is -3.95. The predicted octanol–water partition coefficient (Wildman–Crippen LogP) is 0.826. The molecule has 0 aliphatic carbocycles. The molecule has 0 saturated heterocycles. The van der Waals surface area contributed by atoms with Crippen LogP contribution in [-0.2, 0) is 21.4 Å². The van der Waals surface area contributed by atoms with Crippen LogP contribution >= 0.6 is 0 Å². The molecule has 0 spiro atoms. The zero-order chi connectivity index (χ0) is 21.8. The molecule has 10 heteroatoms. The van der Waals surface area contributed by atoms with Crippen LogP contribution in [0, 0.1) is 0 Å². The Labute approximate surface area is 172 Å². The third-order valence-corrected chi connectivity index (χ3v) is 4.63. The smallest absolute Gasteiger partial charge is 0.316 e. The highest BCUT2D eigenvalue weighted by atomic mass is 16.4. The highest BCUT2D eigenvalue weighted by Gasteiger charge is 2.32. The lowest BCUT2D eigenvalue weighted by atomic mass is 9.99. The number of nitrogens with zero attached hydrogens (tertiary/aromatic N) is 3. The molecule has 0 fully saturated rings. The van der Waals surface area contributed by atoms with Crippen molar-refractivity contribution in [2.45, 2.75) is 18.5 Å². The summed E-state index contributed by atoms with van der Waals surface area (Å²) in [5.41, 5.74) is 2.21. The van der Waals surface area contributed by atoms with E-state index in [4.69, 9.17) is 0 Å². The molecule has 156 valence electrons. The molecule has 1 aromatic heterocycles. The van der Waals surface area contributed by atoms with E-state index in [0.717, 1.165) is 11.1 Å². The number of carboxylic acid groups (broad SMARTS) is 1. The van der Waals surface area contributed by atoms with Crippen molar-refractivity contribution in [3.8, 4) is 11.1 Å². The van der Waals surface area contributed by atoms with Crippen LogP contribution in [0.5, 0.6) is 0 Å². The van der Waals surface area contributed by atoms with E-state index in [1.165, 1.54) is 24.2 Å². The number of ketones is 1. The third kappa shape index (κ3) is 4.72. The molecular weight excluding hydrogens is 390 g/mol. The number of benzene rings is 1. The Morgan fingerprint density at radius 3 is 2.67 bits per heavy atom. The number of aromatic nitrogens is 2. The number of amides is 3. The van der Waals surface area contributed by atoms with Crippen LogP contribution in [0.25, 0.3) is 11.1 Å². The van der Waals surface area contributed by atoms with E-state index in [0.29, 0.717) is 5.56 Å². The summed E-state index contributed by atoms with van der Waals surface area (Å²) >= 11 is 0. The molecule has 30 heavy (non-hydrogen) atoms. The molecule has 2 heterocycles. The first-order valence-electron chi connectivity index (χ1n) is 9.11. The van der Waals surface area contributed by atoms with Crippen LogP contribution in [0.1, 0.15) is 18.0 Å². The number of hydrogen-bond acceptors (Lipinski definition) is 5. The van der Waals surface area contributed by atoms with Crippen molar-refractivity contribution in [2.75, 3.05) is 7.05 Å². The van der Waals surface area contributed by atoms with E-state index in [-0.39, 0.29) is 6.42 Å². The first-order valence-corrected chi connectivity index (χ1v) is 9.11. The summed E-state index contributed by atoms with van der Waals surface area (Å²) < 4.78 is 1.64. The number of hydrogen-bond donors (Lipinski definition) is 3. The number of likely N-dealkylation sites (N-methyl/N-ethyl adjacent to an activating group) is 1. The van der Waals surface area contributed by atoms with Crippen LogP contribution in [0.3, 0.4) is 0 Å². The van der Waals surface area contributed by atoms with E-state index >= 15 is 0 Å². The number of nitrogens with one attached hydrogen (secondary N) is 2. The van der Waals surface area contributed by atoms with E-state index in [2.05, 4.69) is 15.7 Å². The van der Waals surface area contributed by atoms with Crippen molar-refractivity contribution in [1.82, 2.24) is 25.3 Å². The summed E-state index contributed by atoms with van der Waals surface area (Å²) in [6, 6.07) is 4.01. The number of carboxylic acids is 1. The van der Waals surface area contributed by atoms with Gasteiger partial charge in [-0.2, -0.15) is 5.10 Å². The van der Waals surface area contributed by atoms with Crippen LogP contribution < -0.4 is 10.6 Å². The van der Waals surface area contributed by atoms with Gasteiger partial charge in [0.05, 0.1) is 18.7 Å². The molecule has 1 aliphatic heterocycles. The van der Waals surface area contributed by atoms with Crippen LogP contribution in [-0.4, -0.2) is 56.6 Å². The number of carbonyl (C=O) groups excluding carboxylic acids is 3. The van der Waals surface area contributed by atoms with Crippen molar-refractivity contribution in [1.29, 1.82) is 0 Å². The van der Waals surface area contributed by atoms with Crippen molar-refractivity contribution in [2.24, 2.45) is 7.05 Å². The van der Waals surface area contributed by atoms with Crippen molar-refractivity contribution >= 4 is 23.7 Å². The Morgan fingerprint density at radius 1 is 1.23 bits per heavy atom. The van der Waals surface area contributed by atoms with Crippen molar-refractivity contribution in [3.05, 3.63) is 54.5 Å². The van der Waals surface area contributed by atoms with Gasteiger partial charge in [0.2, 0.25) is 0 Å². The van der Waals surface area contributed by atoms with E-state index in [9.17, 15) is 24.3 Å². The highest BCUT2D eigenvalue weighted by molar-refractivity contribution is 6.14. The standard InChI is InChI=1S/C20H21N5O5/c1-24-7-6-16(26)18(19(24)29)23-20(30)22-15(9-17(27)28)13-5-3-4-12(8-13)14-10-21-25(2)11-14/h3-8,10-11,15,18H,9H2,1-2H3,(H,27,28)(H2,22,23,30). The molecule has 2 atom stereocenters. The molecule has 1 aromatic carbocycles. The summed E-state index contributed by atoms with van der Waals surface area (Å²) in [5, 5.41) is 18.3. The minimum Gasteiger partial charge on any atom is -0.481 e. The van der Waals surface area contributed by atoms with Crippen LogP contribution in [0.4, 0.5) is 4.79 Å². The summed E-state index contributed by atoms with van der Waals surface area (Å²) in [6.45, 7) is 0. The molecule has 0 radical (unpaired) electrons. The second kappa shape index (κ2) is 8.60. The number of carbonyl (C=O) groups is 4. The maximum Gasteiger partial charge on any atom is 0.316 e. The normalized spacial score (nSPS) is 17.0. The Kier molecular flexibility index (Phi) is 5.95. The lowest BCUT2D eigenvalue weighted by Crippen LogP contribution is -2.55. The number of rotatable bonds is 6. The second-order valence-corrected chi connectivity index (χ2v) is 6.90. The predicted molar refractivity (Wildman–Crippen MR) is 106 cm³/mol. The van der Waals surface area contributed by atoms with E-state index < -0.39 is 35.8 Å². The maximum atomic E-state index is 12.5. The third-order valence-electron chi connectivity index (χ3n) is 4.63. The number of aliphatic carboxylic acids is 1. The van der Waals surface area contributed by atoms with Gasteiger partial charge in [0, 0.05) is 38.1 Å². The number of urea groups is 1. The summed E-state index contributed by atoms with van der Waals surface area (Å²) in [4.78, 5) is 49.1. The van der Waals surface area contributed by atoms with Gasteiger partial charge >= 0.3 is 12.0 Å². The molecule has 3 rings (SSSR count). The fourth-order valence-corrected chi connectivity index (χ4v) is 3.08. The van der Waals surface area contributed by atoms with Crippen LogP contribution in [0.2, 0.25) is 0 Å². The lowest BCUT2D eigenvalue weighted by Gasteiger charge is -2.25. The molecule has 2 aromatic rings. The van der Waals surface area contributed by atoms with Gasteiger partial charge in [-0.1, -0.05) is 18.2 Å². The number of aryl methyl sites for hydroxylation is 1. The first-order chi connectivity index (χ1) is 14.2. The molecule has 0 bridgehead atoms. The second-order valence-electron chi connectivity index (χ2n) is 6.90. The Balaban J connectivity index is 1.79. The minimum absolute atomic E-state index is 0.379. The van der Waals surface area contributed by atoms with Crippen molar-refractivity contribution in [3.63, 3.8) is 0 Å². The van der Waals surface area contributed by atoms with Gasteiger partial charge in [0.15, 0.2) is 11.8 Å². The van der Waals surface area contributed by atoms with Gasteiger partial charge in [0.1, 0.15) is 0 Å². The quantitative estimate of drug-likeness (QED) is 0.603. The maximum absolute atomic E-state index is 12.5. The summed E-state index contributed by atoms with van der Waals surface area (Å²) in [7, 11) is 3.25. The average molecular weight is 411 g/mol. The van der Waals surface area contributed by atoms with Gasteiger partial charge < -0.3 is 20.6 Å². The molecule has 1 aliphatic rings. The van der Waals surface area contributed by atoms with E-state index in [1.54, 1.807) is 36.1 Å². The molecule has 3 N–H and O–H groups in total. The van der Waals surface area contributed by atoms with Crippen molar-refractivity contribution < 1.29 is 24.3 Å². The minimum atomic E-state index is -1.35. The highest BCUT2D eigenvalue weighted by Crippen LogP contribution is 2.24. The average Bonchev–Trinajstić information content (AvgIpc) is 3.14. The largest absolute Gasteiger partial charge is 0.481 e. The topological polar surface area (TPSA) is 134 Å². The summed E-state index contributed by atoms with van der Waals surface area (Å²) in [5.74, 6) is -2.24. The Morgan fingerprint density at radius 2 is 2.00 bits per heavy atom. The van der Waals surface area contributed by atoms with Gasteiger partial charge in [0.25, 0.3) is 5.91 Å². The Bertz CT molecular complexity index is 1030. The van der Waals surface area contributed by atoms with Crippen LogP contribution in [0.15, 0.2) is 48.9 Å². The lowest BCUT2D eigenvalue weighted by molar-refractivity contribution is -0.138. The molecular formula is C20H21N5O5. The monoisotopic (exact) mass is 411 g/mol. The van der Waals surface area contributed by atoms with Gasteiger partial charge in [-0.15, -0.1) is 0 Å². The fraction of sp³-hybridized carbons (Fsp3) is 0.250. The van der Waals surface area contributed by atoms with E-state index in [1.807, 2.05) is 12.3 Å². The SMILES string of the molecule is CN1C=CC(=O)C(NC(=O)NC(CC(=O)O)c2cccc(-c3cnn(C)c3)c2)C1=O. The zero-order valence-corrected chi connectivity index (χ0v) is 16.4. The molecule has 2 unspecified atom stereocenters. The fourth-order valence-electron chi connectivity index (χ4n) is 3.08. The summed E-state index contributed by atoms with van der Waals surface area (Å²) in [6.07, 6.45) is 5.62. The molecule has 0 saturated carbocycles. The first kappa shape index (κ1) is 20.8. The molecule has 3 amide bonds. The van der Waals surface area contributed by atoms with Gasteiger partial charge in [-0.05, 0) is 17.2 Å². The van der Waals surface area contributed by atoms with Gasteiger partial charge in [-0.25, -0.2) is 4.79 Å². The molecule has 10 nitrogen and oxygen atoms in total. The van der Waals surface area contributed by atoms with Gasteiger partial charge in [-0.3, -0.25) is 19.1 Å². The zero-order valence-electron chi connectivity index (χ0n) is 16.4.